The molecule has 2 rings (SSSR count). The Morgan fingerprint density at radius 2 is 1.21 bits per heavy atom. The zero-order valence-electron chi connectivity index (χ0n) is 18.1. The summed E-state index contributed by atoms with van der Waals surface area (Å²) >= 11 is 0. The molecule has 2 aromatic heterocycles. The maximum Gasteiger partial charge on any atom is 0.343 e. The molecule has 2 heterocycles. The Labute approximate surface area is 171 Å². The summed E-state index contributed by atoms with van der Waals surface area (Å²) < 4.78 is 10.8. The summed E-state index contributed by atoms with van der Waals surface area (Å²) in [5.74, 6) is -0.317. The Morgan fingerprint density at radius 3 is 1.59 bits per heavy atom. The zero-order chi connectivity index (χ0) is 21.7. The highest BCUT2D eigenvalue weighted by atomic mass is 16.4. The van der Waals surface area contributed by atoms with Gasteiger partial charge in [-0.3, -0.25) is 0 Å². The molecule has 0 aromatic carbocycles. The predicted octanol–water partition coefficient (Wildman–Crippen LogP) is 4.85. The SMILES string of the molecule is CCCCCCC(c1c(O)c(C)c(CC)oc1=O)c1c(O)c(C)c(CC)oc1=O. The van der Waals surface area contributed by atoms with E-state index < -0.39 is 17.2 Å². The van der Waals surface area contributed by atoms with E-state index in [4.69, 9.17) is 8.83 Å². The van der Waals surface area contributed by atoms with Gasteiger partial charge in [0.1, 0.15) is 23.0 Å². The Balaban J connectivity index is 2.71. The maximum absolute atomic E-state index is 12.8. The molecule has 0 fully saturated rings. The lowest BCUT2D eigenvalue weighted by Gasteiger charge is -2.20. The molecule has 0 amide bonds. The van der Waals surface area contributed by atoms with E-state index in [0.717, 1.165) is 25.7 Å². The van der Waals surface area contributed by atoms with Crippen molar-refractivity contribution in [2.45, 2.75) is 85.5 Å². The second kappa shape index (κ2) is 9.81. The largest absolute Gasteiger partial charge is 0.507 e. The van der Waals surface area contributed by atoms with Crippen molar-refractivity contribution in [3.05, 3.63) is 54.6 Å². The van der Waals surface area contributed by atoms with Crippen molar-refractivity contribution in [1.82, 2.24) is 0 Å². The van der Waals surface area contributed by atoms with Gasteiger partial charge in [-0.15, -0.1) is 0 Å². The third-order valence-corrected chi connectivity index (χ3v) is 5.61. The second-order valence-electron chi connectivity index (χ2n) is 7.51. The molecule has 0 spiro atoms. The molecule has 6 nitrogen and oxygen atoms in total. The number of aromatic hydroxyl groups is 2. The first-order valence-corrected chi connectivity index (χ1v) is 10.5. The van der Waals surface area contributed by atoms with Gasteiger partial charge in [-0.25, -0.2) is 9.59 Å². The minimum Gasteiger partial charge on any atom is -0.507 e. The maximum atomic E-state index is 12.8. The predicted molar refractivity (Wildman–Crippen MR) is 112 cm³/mol. The van der Waals surface area contributed by atoms with E-state index in [1.165, 1.54) is 0 Å². The molecule has 0 radical (unpaired) electrons. The van der Waals surface area contributed by atoms with Crippen LogP contribution >= 0.6 is 0 Å². The van der Waals surface area contributed by atoms with Crippen LogP contribution in [0.1, 0.15) is 92.6 Å². The first-order valence-electron chi connectivity index (χ1n) is 10.5. The zero-order valence-corrected chi connectivity index (χ0v) is 18.1. The molecule has 2 N–H and O–H groups in total. The summed E-state index contributed by atoms with van der Waals surface area (Å²) in [7, 11) is 0. The first-order chi connectivity index (χ1) is 13.8. The molecule has 0 aliphatic rings. The highest BCUT2D eigenvalue weighted by Gasteiger charge is 2.31. The molecular weight excluding hydrogens is 372 g/mol. The Bertz CT molecular complexity index is 893. The number of rotatable bonds is 9. The van der Waals surface area contributed by atoms with Crippen molar-refractivity contribution in [2.24, 2.45) is 0 Å². The van der Waals surface area contributed by atoms with Crippen LogP contribution in [-0.2, 0) is 12.8 Å². The summed E-state index contributed by atoms with van der Waals surface area (Å²) in [4.78, 5) is 25.5. The minimum atomic E-state index is -0.798. The number of unbranched alkanes of at least 4 members (excludes halogenated alkanes) is 3. The van der Waals surface area contributed by atoms with Gasteiger partial charge in [0.05, 0.1) is 11.1 Å². The summed E-state index contributed by atoms with van der Waals surface area (Å²) in [6.45, 7) is 9.13. The topological polar surface area (TPSA) is 101 Å². The lowest BCUT2D eigenvalue weighted by molar-refractivity contribution is 0.382. The third kappa shape index (κ3) is 4.57. The van der Waals surface area contributed by atoms with Gasteiger partial charge in [0, 0.05) is 29.9 Å². The molecule has 0 unspecified atom stereocenters. The minimum absolute atomic E-state index is 0.0162. The monoisotopic (exact) mass is 404 g/mol. The van der Waals surface area contributed by atoms with Crippen LogP contribution in [0, 0.1) is 13.8 Å². The molecule has 6 heteroatoms. The molecule has 0 atom stereocenters. The van der Waals surface area contributed by atoms with Crippen LogP contribution in [0.15, 0.2) is 18.4 Å². The van der Waals surface area contributed by atoms with Crippen molar-refractivity contribution < 1.29 is 19.0 Å². The summed E-state index contributed by atoms with van der Waals surface area (Å²) in [5.41, 5.74) is -0.370. The van der Waals surface area contributed by atoms with Crippen LogP contribution in [0.25, 0.3) is 0 Å². The lowest BCUT2D eigenvalue weighted by atomic mass is 9.85. The van der Waals surface area contributed by atoms with E-state index in [-0.39, 0.29) is 22.6 Å². The van der Waals surface area contributed by atoms with E-state index in [2.05, 4.69) is 6.92 Å². The quantitative estimate of drug-likeness (QED) is 0.580. The average Bonchev–Trinajstić information content (AvgIpc) is 2.70. The van der Waals surface area contributed by atoms with E-state index in [9.17, 15) is 19.8 Å². The van der Waals surface area contributed by atoms with Gasteiger partial charge in [0.25, 0.3) is 0 Å². The van der Waals surface area contributed by atoms with Crippen LogP contribution in [0.4, 0.5) is 0 Å². The van der Waals surface area contributed by atoms with Gasteiger partial charge < -0.3 is 19.0 Å². The van der Waals surface area contributed by atoms with Crippen molar-refractivity contribution in [3.63, 3.8) is 0 Å². The highest BCUT2D eigenvalue weighted by molar-refractivity contribution is 5.49. The van der Waals surface area contributed by atoms with Crippen LogP contribution in [-0.4, -0.2) is 10.2 Å². The van der Waals surface area contributed by atoms with Crippen LogP contribution in [0.2, 0.25) is 0 Å². The highest BCUT2D eigenvalue weighted by Crippen LogP contribution is 2.39. The number of hydrogen-bond acceptors (Lipinski definition) is 6. The summed E-state index contributed by atoms with van der Waals surface area (Å²) in [6.07, 6.45) is 5.08. The van der Waals surface area contributed by atoms with Crippen molar-refractivity contribution in [1.29, 1.82) is 0 Å². The van der Waals surface area contributed by atoms with Crippen molar-refractivity contribution >= 4 is 0 Å². The van der Waals surface area contributed by atoms with Crippen LogP contribution < -0.4 is 11.3 Å². The molecule has 2 aromatic rings. The van der Waals surface area contributed by atoms with E-state index in [1.807, 2.05) is 13.8 Å². The fourth-order valence-corrected chi connectivity index (χ4v) is 3.85. The smallest absolute Gasteiger partial charge is 0.343 e. The summed E-state index contributed by atoms with van der Waals surface area (Å²) in [6, 6.07) is 0. The molecule has 29 heavy (non-hydrogen) atoms. The fourth-order valence-electron chi connectivity index (χ4n) is 3.85. The second-order valence-corrected chi connectivity index (χ2v) is 7.51. The third-order valence-electron chi connectivity index (χ3n) is 5.61. The van der Waals surface area contributed by atoms with Crippen molar-refractivity contribution in [3.8, 4) is 11.5 Å². The molecule has 0 aliphatic carbocycles. The Hall–Kier alpha value is -2.50. The molecule has 160 valence electrons. The van der Waals surface area contributed by atoms with Crippen LogP contribution in [0.3, 0.4) is 0 Å². The molecular formula is C23H32O6. The Morgan fingerprint density at radius 1 is 0.759 bits per heavy atom. The Kier molecular flexibility index (Phi) is 7.71. The lowest BCUT2D eigenvalue weighted by Crippen LogP contribution is -2.22. The van der Waals surface area contributed by atoms with E-state index in [0.29, 0.717) is 41.9 Å². The molecule has 0 saturated heterocycles. The van der Waals surface area contributed by atoms with Gasteiger partial charge in [-0.2, -0.15) is 0 Å². The molecule has 0 aliphatic heterocycles. The fraction of sp³-hybridized carbons (Fsp3) is 0.565. The summed E-state index contributed by atoms with van der Waals surface area (Å²) in [5, 5.41) is 21.6. The normalized spacial score (nSPS) is 11.4. The van der Waals surface area contributed by atoms with Crippen molar-refractivity contribution in [2.75, 3.05) is 0 Å². The number of hydrogen-bond donors (Lipinski definition) is 2. The average molecular weight is 405 g/mol. The van der Waals surface area contributed by atoms with E-state index in [1.54, 1.807) is 13.8 Å². The van der Waals surface area contributed by atoms with Gasteiger partial charge in [-0.05, 0) is 20.3 Å². The number of aryl methyl sites for hydroxylation is 2. The first kappa shape index (κ1) is 22.8. The van der Waals surface area contributed by atoms with E-state index >= 15 is 0 Å². The van der Waals surface area contributed by atoms with Gasteiger partial charge >= 0.3 is 11.3 Å². The molecule has 0 saturated carbocycles. The van der Waals surface area contributed by atoms with Gasteiger partial charge in [-0.1, -0.05) is 46.5 Å². The van der Waals surface area contributed by atoms with Crippen LogP contribution in [0.5, 0.6) is 11.5 Å². The van der Waals surface area contributed by atoms with Gasteiger partial charge in [0.15, 0.2) is 0 Å². The standard InChI is InChI=1S/C23H32O6/c1-6-9-10-11-12-15(18-20(24)13(4)16(7-2)28-22(18)26)19-21(25)14(5)17(8-3)29-23(19)27/h15,24-25H,6-12H2,1-5H3. The molecule has 0 bridgehead atoms. The van der Waals surface area contributed by atoms with Gasteiger partial charge in [0.2, 0.25) is 0 Å².